The summed E-state index contributed by atoms with van der Waals surface area (Å²) in [5.74, 6) is 0.902. The monoisotopic (exact) mass is 271 g/mol. The predicted octanol–water partition coefficient (Wildman–Crippen LogP) is 2.75. The molecule has 0 aliphatic heterocycles. The van der Waals surface area contributed by atoms with E-state index in [-0.39, 0.29) is 6.04 Å². The molecule has 1 atom stereocenters. The van der Waals surface area contributed by atoms with Crippen LogP contribution in [0.25, 0.3) is 0 Å². The van der Waals surface area contributed by atoms with Gasteiger partial charge in [-0.25, -0.2) is 0 Å². The molecule has 2 N–H and O–H groups in total. The first-order valence-electron chi connectivity index (χ1n) is 6.66. The molecule has 0 fully saturated rings. The molecule has 0 saturated heterocycles. The first-order valence-corrected chi connectivity index (χ1v) is 6.66. The zero-order valence-corrected chi connectivity index (χ0v) is 12.2. The van der Waals surface area contributed by atoms with Gasteiger partial charge in [0.25, 0.3) is 0 Å². The fraction of sp³-hybridized carbons (Fsp3) is 0.312. The molecule has 4 nitrogen and oxygen atoms in total. The van der Waals surface area contributed by atoms with Crippen LogP contribution in [0.3, 0.4) is 0 Å². The summed E-state index contributed by atoms with van der Waals surface area (Å²) in [5, 5.41) is 0. The van der Waals surface area contributed by atoms with Gasteiger partial charge in [0.1, 0.15) is 5.75 Å². The Labute approximate surface area is 120 Å². The van der Waals surface area contributed by atoms with Crippen LogP contribution in [0.4, 0.5) is 5.69 Å². The Bertz CT molecular complexity index is 552. The maximum atomic E-state index is 5.81. The molecular weight excluding hydrogens is 250 g/mol. The van der Waals surface area contributed by atoms with E-state index in [0.717, 1.165) is 29.2 Å². The molecule has 2 aromatic rings. The smallest absolute Gasteiger partial charge is 0.123 e. The number of hydrogen-bond donors (Lipinski definition) is 1. The van der Waals surface area contributed by atoms with Crippen LogP contribution in [-0.2, 0) is 6.54 Å². The molecule has 0 aliphatic carbocycles. The number of hydrogen-bond acceptors (Lipinski definition) is 4. The van der Waals surface area contributed by atoms with E-state index in [1.54, 1.807) is 7.11 Å². The Morgan fingerprint density at radius 1 is 1.25 bits per heavy atom. The third-order valence-corrected chi connectivity index (χ3v) is 3.28. The third-order valence-electron chi connectivity index (χ3n) is 3.28. The number of para-hydroxylation sites is 1. The van der Waals surface area contributed by atoms with Gasteiger partial charge in [0.05, 0.1) is 24.7 Å². The van der Waals surface area contributed by atoms with E-state index in [0.29, 0.717) is 0 Å². The first kappa shape index (κ1) is 14.3. The van der Waals surface area contributed by atoms with Crippen molar-refractivity contribution in [3.63, 3.8) is 0 Å². The molecule has 0 saturated carbocycles. The van der Waals surface area contributed by atoms with Crippen molar-refractivity contribution in [3.8, 4) is 5.75 Å². The van der Waals surface area contributed by atoms with Crippen molar-refractivity contribution in [2.45, 2.75) is 19.5 Å². The van der Waals surface area contributed by atoms with Gasteiger partial charge >= 0.3 is 0 Å². The van der Waals surface area contributed by atoms with Crippen molar-refractivity contribution in [1.82, 2.24) is 4.98 Å². The van der Waals surface area contributed by atoms with Crippen LogP contribution in [0.1, 0.15) is 24.2 Å². The molecule has 1 unspecified atom stereocenters. The molecular formula is C16H21N3O. The minimum atomic E-state index is -0.0384. The van der Waals surface area contributed by atoms with E-state index in [2.05, 4.69) is 16.0 Å². The van der Waals surface area contributed by atoms with Crippen molar-refractivity contribution in [1.29, 1.82) is 0 Å². The maximum absolute atomic E-state index is 5.81. The second kappa shape index (κ2) is 6.39. The van der Waals surface area contributed by atoms with Crippen LogP contribution in [0.15, 0.2) is 42.6 Å². The molecule has 1 aromatic carbocycles. The number of rotatable bonds is 5. The van der Waals surface area contributed by atoms with Crippen LogP contribution in [-0.4, -0.2) is 19.1 Å². The lowest BCUT2D eigenvalue weighted by atomic mass is 10.1. The Kier molecular flexibility index (Phi) is 4.58. The average Bonchev–Trinajstić information content (AvgIpc) is 2.48. The van der Waals surface area contributed by atoms with E-state index in [4.69, 9.17) is 10.5 Å². The molecule has 0 spiro atoms. The summed E-state index contributed by atoms with van der Waals surface area (Å²) in [6.07, 6.45) is 1.86. The minimum absolute atomic E-state index is 0.0384. The molecule has 4 heteroatoms. The van der Waals surface area contributed by atoms with Crippen LogP contribution in [0, 0.1) is 0 Å². The fourth-order valence-corrected chi connectivity index (χ4v) is 2.07. The largest absolute Gasteiger partial charge is 0.496 e. The van der Waals surface area contributed by atoms with Crippen molar-refractivity contribution >= 4 is 5.69 Å². The summed E-state index contributed by atoms with van der Waals surface area (Å²) >= 11 is 0. The molecule has 0 bridgehead atoms. The van der Waals surface area contributed by atoms with Crippen LogP contribution >= 0.6 is 0 Å². The van der Waals surface area contributed by atoms with E-state index in [9.17, 15) is 0 Å². The van der Waals surface area contributed by atoms with Gasteiger partial charge in [0.2, 0.25) is 0 Å². The normalized spacial score (nSPS) is 12.0. The van der Waals surface area contributed by atoms with Crippen LogP contribution in [0.2, 0.25) is 0 Å². The highest BCUT2D eigenvalue weighted by atomic mass is 16.5. The van der Waals surface area contributed by atoms with Gasteiger partial charge in [-0.15, -0.1) is 0 Å². The SMILES string of the molecule is COc1ccccc1CN(C)c1ccc(C(C)N)nc1. The quantitative estimate of drug-likeness (QED) is 0.908. The molecule has 1 heterocycles. The molecule has 0 amide bonds. The summed E-state index contributed by atoms with van der Waals surface area (Å²) in [6.45, 7) is 2.70. The first-order chi connectivity index (χ1) is 9.61. The second-order valence-electron chi connectivity index (χ2n) is 4.90. The summed E-state index contributed by atoms with van der Waals surface area (Å²) in [7, 11) is 3.73. The van der Waals surface area contributed by atoms with Crippen LogP contribution in [0.5, 0.6) is 5.75 Å². The number of aromatic nitrogens is 1. The Hall–Kier alpha value is -2.07. The van der Waals surface area contributed by atoms with Crippen LogP contribution < -0.4 is 15.4 Å². The van der Waals surface area contributed by atoms with Gasteiger partial charge in [0, 0.05) is 25.2 Å². The average molecular weight is 271 g/mol. The number of ether oxygens (including phenoxy) is 1. The van der Waals surface area contributed by atoms with Gasteiger partial charge in [-0.05, 0) is 25.1 Å². The third kappa shape index (κ3) is 3.27. The van der Waals surface area contributed by atoms with Gasteiger partial charge in [0.15, 0.2) is 0 Å². The second-order valence-corrected chi connectivity index (χ2v) is 4.90. The molecule has 106 valence electrons. The fourth-order valence-electron chi connectivity index (χ4n) is 2.07. The van der Waals surface area contributed by atoms with Crippen molar-refractivity contribution in [3.05, 3.63) is 53.9 Å². The Balaban J connectivity index is 2.13. The number of pyridine rings is 1. The highest BCUT2D eigenvalue weighted by Crippen LogP contribution is 2.22. The van der Waals surface area contributed by atoms with Gasteiger partial charge in [-0.1, -0.05) is 18.2 Å². The number of methoxy groups -OCH3 is 1. The van der Waals surface area contributed by atoms with E-state index >= 15 is 0 Å². The summed E-state index contributed by atoms with van der Waals surface area (Å²) in [6, 6.07) is 12.0. The highest BCUT2D eigenvalue weighted by molar-refractivity contribution is 5.46. The Morgan fingerprint density at radius 2 is 2.00 bits per heavy atom. The summed E-state index contributed by atoms with van der Waals surface area (Å²) in [4.78, 5) is 6.52. The number of benzene rings is 1. The standard InChI is InChI=1S/C16H21N3O/c1-12(17)15-9-8-14(10-18-15)19(2)11-13-6-4-5-7-16(13)20-3/h4-10,12H,11,17H2,1-3H3. The number of nitrogens with zero attached hydrogens (tertiary/aromatic N) is 2. The maximum Gasteiger partial charge on any atom is 0.123 e. The number of nitrogens with two attached hydrogens (primary N) is 1. The lowest BCUT2D eigenvalue weighted by Gasteiger charge is -2.20. The molecule has 2 rings (SSSR count). The highest BCUT2D eigenvalue weighted by Gasteiger charge is 2.08. The van der Waals surface area contributed by atoms with Crippen molar-refractivity contribution < 1.29 is 4.74 Å². The molecule has 0 aliphatic rings. The number of anilines is 1. The topological polar surface area (TPSA) is 51.4 Å². The van der Waals surface area contributed by atoms with E-state index in [1.807, 2.05) is 50.5 Å². The summed E-state index contributed by atoms with van der Waals surface area (Å²) in [5.41, 5.74) is 8.91. The lowest BCUT2D eigenvalue weighted by molar-refractivity contribution is 0.409. The lowest BCUT2D eigenvalue weighted by Crippen LogP contribution is -2.17. The molecule has 0 radical (unpaired) electrons. The molecule has 1 aromatic heterocycles. The summed E-state index contributed by atoms with van der Waals surface area (Å²) < 4.78 is 5.37. The zero-order chi connectivity index (χ0) is 14.5. The Morgan fingerprint density at radius 3 is 2.60 bits per heavy atom. The predicted molar refractivity (Wildman–Crippen MR) is 81.9 cm³/mol. The minimum Gasteiger partial charge on any atom is -0.496 e. The van der Waals surface area contributed by atoms with Gasteiger partial charge in [-0.3, -0.25) is 4.98 Å². The van der Waals surface area contributed by atoms with Crippen molar-refractivity contribution in [2.75, 3.05) is 19.1 Å². The van der Waals surface area contributed by atoms with Gasteiger partial charge < -0.3 is 15.4 Å². The van der Waals surface area contributed by atoms with Crippen molar-refractivity contribution in [2.24, 2.45) is 5.73 Å². The molecule has 20 heavy (non-hydrogen) atoms. The van der Waals surface area contributed by atoms with Gasteiger partial charge in [-0.2, -0.15) is 0 Å². The zero-order valence-electron chi connectivity index (χ0n) is 12.2. The van der Waals surface area contributed by atoms with E-state index in [1.165, 1.54) is 0 Å². The van der Waals surface area contributed by atoms with E-state index < -0.39 is 0 Å².